The molecule has 0 amide bonds. The third-order valence-corrected chi connectivity index (χ3v) is 2.75. The van der Waals surface area contributed by atoms with E-state index in [0.29, 0.717) is 5.92 Å². The first-order chi connectivity index (χ1) is 5.88. The molecule has 0 bridgehead atoms. The minimum absolute atomic E-state index is 0.626. The van der Waals surface area contributed by atoms with Crippen LogP contribution in [0.4, 0.5) is 0 Å². The van der Waals surface area contributed by atoms with Gasteiger partial charge in [-0.1, -0.05) is 6.92 Å². The number of hydrogen-bond donors (Lipinski definition) is 2. The molecule has 66 valence electrons. The third kappa shape index (κ3) is 1.37. The van der Waals surface area contributed by atoms with Crippen molar-refractivity contribution >= 4 is 0 Å². The van der Waals surface area contributed by atoms with Gasteiger partial charge in [-0.25, -0.2) is 0 Å². The summed E-state index contributed by atoms with van der Waals surface area (Å²) < 4.78 is 0. The lowest BCUT2D eigenvalue weighted by Crippen LogP contribution is -2.34. The van der Waals surface area contributed by atoms with Crippen molar-refractivity contribution in [3.05, 3.63) is 18.0 Å². The summed E-state index contributed by atoms with van der Waals surface area (Å²) in [4.78, 5) is 0. The Labute approximate surface area is 72.6 Å². The molecule has 1 aromatic rings. The van der Waals surface area contributed by atoms with Crippen molar-refractivity contribution in [3.8, 4) is 0 Å². The summed E-state index contributed by atoms with van der Waals surface area (Å²) in [6, 6.07) is 2.08. The second-order valence-corrected chi connectivity index (χ2v) is 3.59. The molecule has 3 heteroatoms. The maximum Gasteiger partial charge on any atom is 0.0490 e. The van der Waals surface area contributed by atoms with Gasteiger partial charge in [-0.2, -0.15) is 5.10 Å². The van der Waals surface area contributed by atoms with Crippen molar-refractivity contribution in [2.45, 2.75) is 19.3 Å². The van der Waals surface area contributed by atoms with Gasteiger partial charge in [0.15, 0.2) is 0 Å². The van der Waals surface area contributed by atoms with Crippen LogP contribution in [0, 0.1) is 5.92 Å². The normalized spacial score (nSPS) is 30.4. The van der Waals surface area contributed by atoms with E-state index in [1.807, 2.05) is 6.20 Å². The topological polar surface area (TPSA) is 40.7 Å². The monoisotopic (exact) mass is 165 g/mol. The average Bonchev–Trinajstić information content (AvgIpc) is 2.57. The van der Waals surface area contributed by atoms with Crippen molar-refractivity contribution in [1.29, 1.82) is 0 Å². The van der Waals surface area contributed by atoms with E-state index < -0.39 is 0 Å². The SMILES string of the molecule is C[C@@H]1CCNC[C@@H]1c1ccn[nH]1. The second kappa shape index (κ2) is 3.27. The van der Waals surface area contributed by atoms with E-state index in [9.17, 15) is 0 Å². The highest BCUT2D eigenvalue weighted by Gasteiger charge is 2.23. The molecule has 1 aliphatic rings. The summed E-state index contributed by atoms with van der Waals surface area (Å²) in [6.45, 7) is 4.56. The third-order valence-electron chi connectivity index (χ3n) is 2.75. The number of nitrogens with zero attached hydrogens (tertiary/aromatic N) is 1. The maximum atomic E-state index is 3.98. The molecule has 0 saturated carbocycles. The molecule has 1 fully saturated rings. The molecule has 0 aliphatic carbocycles. The number of aromatic nitrogens is 2. The molecule has 0 unspecified atom stereocenters. The molecular formula is C9H15N3. The first-order valence-electron chi connectivity index (χ1n) is 4.58. The van der Waals surface area contributed by atoms with Crippen LogP contribution in [0.1, 0.15) is 25.0 Å². The van der Waals surface area contributed by atoms with E-state index in [1.54, 1.807) is 0 Å². The lowest BCUT2D eigenvalue weighted by atomic mass is 9.86. The Kier molecular flexibility index (Phi) is 2.13. The van der Waals surface area contributed by atoms with Gasteiger partial charge in [0.05, 0.1) is 0 Å². The van der Waals surface area contributed by atoms with Gasteiger partial charge in [0.2, 0.25) is 0 Å². The number of piperidine rings is 1. The lowest BCUT2D eigenvalue weighted by Gasteiger charge is -2.28. The van der Waals surface area contributed by atoms with Crippen LogP contribution in [0.25, 0.3) is 0 Å². The predicted octanol–water partition coefficient (Wildman–Crippen LogP) is 1.12. The van der Waals surface area contributed by atoms with Gasteiger partial charge in [-0.3, -0.25) is 5.10 Å². The van der Waals surface area contributed by atoms with Crippen molar-refractivity contribution in [3.63, 3.8) is 0 Å². The summed E-state index contributed by atoms with van der Waals surface area (Å²) in [5.74, 6) is 1.40. The van der Waals surface area contributed by atoms with Gasteiger partial charge in [0, 0.05) is 24.4 Å². The van der Waals surface area contributed by atoms with Crippen LogP contribution in [-0.2, 0) is 0 Å². The van der Waals surface area contributed by atoms with Crippen molar-refractivity contribution < 1.29 is 0 Å². The summed E-state index contributed by atoms with van der Waals surface area (Å²) in [6.07, 6.45) is 3.10. The molecule has 0 aromatic carbocycles. The Bertz CT molecular complexity index is 230. The highest BCUT2D eigenvalue weighted by molar-refractivity contribution is 5.08. The van der Waals surface area contributed by atoms with E-state index in [4.69, 9.17) is 0 Å². The van der Waals surface area contributed by atoms with Gasteiger partial charge in [0.25, 0.3) is 0 Å². The van der Waals surface area contributed by atoms with Crippen LogP contribution in [0.15, 0.2) is 12.3 Å². The fourth-order valence-electron chi connectivity index (χ4n) is 1.88. The molecule has 12 heavy (non-hydrogen) atoms. The standard InChI is InChI=1S/C9H15N3/c1-7-2-4-10-6-8(7)9-3-5-11-12-9/h3,5,7-8,10H,2,4,6H2,1H3,(H,11,12)/t7-,8+/m1/s1. The highest BCUT2D eigenvalue weighted by atomic mass is 15.1. The first-order valence-corrected chi connectivity index (χ1v) is 4.58. The Hall–Kier alpha value is -0.830. The zero-order valence-electron chi connectivity index (χ0n) is 7.38. The number of nitrogens with one attached hydrogen (secondary N) is 2. The number of H-pyrrole nitrogens is 1. The molecule has 1 aromatic heterocycles. The molecular weight excluding hydrogens is 150 g/mol. The van der Waals surface area contributed by atoms with Crippen LogP contribution >= 0.6 is 0 Å². The molecule has 0 spiro atoms. The van der Waals surface area contributed by atoms with Crippen molar-refractivity contribution in [1.82, 2.24) is 15.5 Å². The fraction of sp³-hybridized carbons (Fsp3) is 0.667. The van der Waals surface area contributed by atoms with Crippen LogP contribution in [-0.4, -0.2) is 23.3 Å². The molecule has 2 heterocycles. The number of hydrogen-bond acceptors (Lipinski definition) is 2. The fourth-order valence-corrected chi connectivity index (χ4v) is 1.88. The largest absolute Gasteiger partial charge is 0.316 e. The average molecular weight is 165 g/mol. The van der Waals surface area contributed by atoms with Gasteiger partial charge in [-0.05, 0) is 24.9 Å². The smallest absolute Gasteiger partial charge is 0.0490 e. The zero-order valence-corrected chi connectivity index (χ0v) is 7.38. The quantitative estimate of drug-likeness (QED) is 0.654. The van der Waals surface area contributed by atoms with Crippen LogP contribution in [0.3, 0.4) is 0 Å². The van der Waals surface area contributed by atoms with Gasteiger partial charge in [-0.15, -0.1) is 0 Å². The maximum absolute atomic E-state index is 3.98. The first kappa shape index (κ1) is 7.80. The number of rotatable bonds is 1. The van der Waals surface area contributed by atoms with E-state index in [1.165, 1.54) is 12.1 Å². The van der Waals surface area contributed by atoms with Crippen molar-refractivity contribution in [2.75, 3.05) is 13.1 Å². The van der Waals surface area contributed by atoms with E-state index in [0.717, 1.165) is 19.0 Å². The molecule has 3 nitrogen and oxygen atoms in total. The molecule has 1 saturated heterocycles. The molecule has 2 atom stereocenters. The Morgan fingerprint density at radius 1 is 1.58 bits per heavy atom. The number of aromatic amines is 1. The summed E-state index contributed by atoms with van der Waals surface area (Å²) in [5.41, 5.74) is 1.27. The summed E-state index contributed by atoms with van der Waals surface area (Å²) >= 11 is 0. The van der Waals surface area contributed by atoms with E-state index in [-0.39, 0.29) is 0 Å². The van der Waals surface area contributed by atoms with Crippen LogP contribution < -0.4 is 5.32 Å². The Morgan fingerprint density at radius 2 is 2.50 bits per heavy atom. The van der Waals surface area contributed by atoms with Crippen molar-refractivity contribution in [2.24, 2.45) is 5.92 Å². The molecule has 2 rings (SSSR count). The minimum atomic E-state index is 0.626. The second-order valence-electron chi connectivity index (χ2n) is 3.59. The Balaban J connectivity index is 2.11. The van der Waals surface area contributed by atoms with Gasteiger partial charge in [0.1, 0.15) is 0 Å². The van der Waals surface area contributed by atoms with E-state index >= 15 is 0 Å². The molecule has 0 radical (unpaired) electrons. The zero-order chi connectivity index (χ0) is 8.39. The highest BCUT2D eigenvalue weighted by Crippen LogP contribution is 2.26. The van der Waals surface area contributed by atoms with Gasteiger partial charge < -0.3 is 5.32 Å². The Morgan fingerprint density at radius 3 is 3.17 bits per heavy atom. The van der Waals surface area contributed by atoms with E-state index in [2.05, 4.69) is 28.5 Å². The summed E-state index contributed by atoms with van der Waals surface area (Å²) in [5, 5.41) is 10.4. The summed E-state index contributed by atoms with van der Waals surface area (Å²) in [7, 11) is 0. The molecule has 1 aliphatic heterocycles. The molecule has 2 N–H and O–H groups in total. The predicted molar refractivity (Wildman–Crippen MR) is 48.0 cm³/mol. The van der Waals surface area contributed by atoms with Crippen LogP contribution in [0.5, 0.6) is 0 Å². The minimum Gasteiger partial charge on any atom is -0.316 e. The lowest BCUT2D eigenvalue weighted by molar-refractivity contribution is 0.342. The van der Waals surface area contributed by atoms with Gasteiger partial charge >= 0.3 is 0 Å². The van der Waals surface area contributed by atoms with Crippen LogP contribution in [0.2, 0.25) is 0 Å².